The van der Waals surface area contributed by atoms with Crippen LogP contribution in [-0.4, -0.2) is 0 Å². The minimum atomic E-state index is 1.09. The molecule has 0 saturated heterocycles. The minimum absolute atomic E-state index is 1.09. The van der Waals surface area contributed by atoms with Gasteiger partial charge in [-0.15, -0.1) is 0 Å². The molecule has 0 aliphatic heterocycles. The van der Waals surface area contributed by atoms with E-state index in [-0.39, 0.29) is 0 Å². The van der Waals surface area contributed by atoms with Gasteiger partial charge in [0, 0.05) is 0 Å². The van der Waals surface area contributed by atoms with E-state index in [2.05, 4.69) is 25.1 Å². The molecule has 1 rings (SSSR count). The van der Waals surface area contributed by atoms with Crippen molar-refractivity contribution in [3.8, 4) is 0 Å². The van der Waals surface area contributed by atoms with Gasteiger partial charge in [-0.25, -0.2) is 0 Å². The van der Waals surface area contributed by atoms with E-state index in [1.807, 2.05) is 25.1 Å². The van der Waals surface area contributed by atoms with Gasteiger partial charge in [-0.3, -0.25) is 0 Å². The van der Waals surface area contributed by atoms with Crippen molar-refractivity contribution < 1.29 is 0 Å². The van der Waals surface area contributed by atoms with E-state index in [1.165, 1.54) is 5.56 Å². The lowest BCUT2D eigenvalue weighted by molar-refractivity contribution is 1.55. The Morgan fingerprint density at radius 1 is 1.30 bits per heavy atom. The van der Waals surface area contributed by atoms with Crippen molar-refractivity contribution in [3.63, 3.8) is 0 Å². The molecule has 0 nitrogen and oxygen atoms in total. The summed E-state index contributed by atoms with van der Waals surface area (Å²) in [6, 6.07) is 10.2. The Bertz CT molecular complexity index is 215. The second kappa shape index (κ2) is 3.21. The molecule has 1 radical (unpaired) electrons. The quantitative estimate of drug-likeness (QED) is 0.549. The van der Waals surface area contributed by atoms with Gasteiger partial charge in [0.2, 0.25) is 0 Å². The summed E-state index contributed by atoms with van der Waals surface area (Å²) in [6.07, 6.45) is 2.06. The second-order valence-corrected chi connectivity index (χ2v) is 2.40. The molecule has 0 amide bonds. The first kappa shape index (κ1) is 7.07. The molecular formula is C10H11. The Morgan fingerprint density at radius 3 is 2.40 bits per heavy atom. The van der Waals surface area contributed by atoms with Crippen molar-refractivity contribution in [3.05, 3.63) is 48.4 Å². The van der Waals surface area contributed by atoms with Crippen molar-refractivity contribution in [1.82, 2.24) is 0 Å². The second-order valence-electron chi connectivity index (χ2n) is 2.40. The Morgan fingerprint density at radius 2 is 1.90 bits per heavy atom. The summed E-state index contributed by atoms with van der Waals surface area (Å²) in [5, 5.41) is 0. The standard InChI is InChI=1S/C10H11/c1-9(2)8-10-6-4-3-5-7-10/h3-8H,1H2,2H3/b9-8+. The van der Waals surface area contributed by atoms with E-state index >= 15 is 0 Å². The average Bonchev–Trinajstić information content (AvgIpc) is 1.88. The molecule has 0 atom stereocenters. The van der Waals surface area contributed by atoms with Crippen molar-refractivity contribution in [2.45, 2.75) is 6.92 Å². The van der Waals surface area contributed by atoms with Crippen LogP contribution in [0.3, 0.4) is 0 Å². The van der Waals surface area contributed by atoms with Crippen LogP contribution in [0.2, 0.25) is 0 Å². The highest BCUT2D eigenvalue weighted by Gasteiger charge is 1.82. The molecule has 51 valence electrons. The maximum absolute atomic E-state index is 3.79. The Kier molecular flexibility index (Phi) is 2.27. The molecule has 0 spiro atoms. The summed E-state index contributed by atoms with van der Waals surface area (Å²) in [5.74, 6) is 0. The van der Waals surface area contributed by atoms with Crippen molar-refractivity contribution >= 4 is 6.08 Å². The molecular weight excluding hydrogens is 120 g/mol. The third kappa shape index (κ3) is 2.06. The third-order valence-corrected chi connectivity index (χ3v) is 1.21. The highest BCUT2D eigenvalue weighted by atomic mass is 13.9. The maximum atomic E-state index is 3.79. The zero-order chi connectivity index (χ0) is 7.40. The highest BCUT2D eigenvalue weighted by molar-refractivity contribution is 5.52. The number of rotatable bonds is 1. The zero-order valence-corrected chi connectivity index (χ0v) is 6.17. The first-order valence-electron chi connectivity index (χ1n) is 3.34. The van der Waals surface area contributed by atoms with Crippen molar-refractivity contribution in [1.29, 1.82) is 0 Å². The number of benzene rings is 1. The molecule has 0 aromatic heterocycles. The summed E-state index contributed by atoms with van der Waals surface area (Å²) in [6.45, 7) is 5.79. The van der Waals surface area contributed by atoms with Crippen LogP contribution in [0.15, 0.2) is 35.9 Å². The van der Waals surface area contributed by atoms with Gasteiger partial charge in [-0.1, -0.05) is 42.0 Å². The topological polar surface area (TPSA) is 0 Å². The molecule has 0 fully saturated rings. The van der Waals surface area contributed by atoms with Gasteiger partial charge in [0.15, 0.2) is 0 Å². The average molecular weight is 131 g/mol. The summed E-state index contributed by atoms with van der Waals surface area (Å²) in [7, 11) is 0. The van der Waals surface area contributed by atoms with Gasteiger partial charge < -0.3 is 0 Å². The van der Waals surface area contributed by atoms with E-state index < -0.39 is 0 Å². The Hall–Kier alpha value is -1.04. The predicted molar refractivity (Wildman–Crippen MR) is 45.5 cm³/mol. The van der Waals surface area contributed by atoms with E-state index in [0.29, 0.717) is 0 Å². The van der Waals surface area contributed by atoms with Crippen LogP contribution in [0.4, 0.5) is 0 Å². The van der Waals surface area contributed by atoms with Crippen LogP contribution in [0.1, 0.15) is 12.5 Å². The number of hydrogen-bond donors (Lipinski definition) is 0. The normalized spacial score (nSPS) is 11.6. The SMILES string of the molecule is [CH2]/C(C)=C\c1ccccc1. The van der Waals surface area contributed by atoms with Crippen LogP contribution in [0.25, 0.3) is 6.08 Å². The van der Waals surface area contributed by atoms with E-state index in [0.717, 1.165) is 5.57 Å². The monoisotopic (exact) mass is 131 g/mol. The lowest BCUT2D eigenvalue weighted by atomic mass is 10.2. The zero-order valence-electron chi connectivity index (χ0n) is 6.17. The molecule has 0 saturated carbocycles. The maximum Gasteiger partial charge on any atom is -0.0257 e. The van der Waals surface area contributed by atoms with E-state index in [4.69, 9.17) is 0 Å². The molecule has 0 bridgehead atoms. The van der Waals surface area contributed by atoms with Crippen LogP contribution in [0.5, 0.6) is 0 Å². The minimum Gasteiger partial charge on any atom is -0.0724 e. The molecule has 10 heavy (non-hydrogen) atoms. The fourth-order valence-electron chi connectivity index (χ4n) is 0.834. The molecule has 0 heterocycles. The van der Waals surface area contributed by atoms with E-state index in [9.17, 15) is 0 Å². The van der Waals surface area contributed by atoms with Crippen molar-refractivity contribution in [2.24, 2.45) is 0 Å². The van der Waals surface area contributed by atoms with Crippen molar-refractivity contribution in [2.75, 3.05) is 0 Å². The fourth-order valence-corrected chi connectivity index (χ4v) is 0.834. The highest BCUT2D eigenvalue weighted by Crippen LogP contribution is 2.03. The van der Waals surface area contributed by atoms with Crippen LogP contribution in [0, 0.1) is 6.92 Å². The fraction of sp³-hybridized carbons (Fsp3) is 0.100. The van der Waals surface area contributed by atoms with Gasteiger partial charge in [0.05, 0.1) is 0 Å². The molecule has 1 aromatic carbocycles. The van der Waals surface area contributed by atoms with Gasteiger partial charge in [-0.05, 0) is 19.4 Å². The van der Waals surface area contributed by atoms with Gasteiger partial charge in [-0.2, -0.15) is 0 Å². The first-order chi connectivity index (χ1) is 4.79. The smallest absolute Gasteiger partial charge is 0.0257 e. The Balaban J connectivity index is 2.87. The molecule has 0 N–H and O–H groups in total. The molecule has 1 aromatic rings. The largest absolute Gasteiger partial charge is 0.0724 e. The van der Waals surface area contributed by atoms with Gasteiger partial charge >= 0.3 is 0 Å². The van der Waals surface area contributed by atoms with E-state index in [1.54, 1.807) is 0 Å². The predicted octanol–water partition coefficient (Wildman–Crippen LogP) is 2.92. The summed E-state index contributed by atoms with van der Waals surface area (Å²) in [5.41, 5.74) is 2.31. The lowest BCUT2D eigenvalue weighted by Crippen LogP contribution is -1.69. The number of allylic oxidation sites excluding steroid dienone is 1. The Labute approximate surface area is 62.2 Å². The van der Waals surface area contributed by atoms with Gasteiger partial charge in [0.1, 0.15) is 0 Å². The molecule has 0 aliphatic rings. The summed E-state index contributed by atoms with van der Waals surface area (Å²) < 4.78 is 0. The van der Waals surface area contributed by atoms with Gasteiger partial charge in [0.25, 0.3) is 0 Å². The number of hydrogen-bond acceptors (Lipinski definition) is 0. The van der Waals surface area contributed by atoms with Crippen LogP contribution >= 0.6 is 0 Å². The molecule has 0 unspecified atom stereocenters. The summed E-state index contributed by atoms with van der Waals surface area (Å²) in [4.78, 5) is 0. The first-order valence-corrected chi connectivity index (χ1v) is 3.34. The summed E-state index contributed by atoms with van der Waals surface area (Å²) >= 11 is 0. The lowest BCUT2D eigenvalue weighted by Gasteiger charge is -1.91. The van der Waals surface area contributed by atoms with Crippen LogP contribution in [-0.2, 0) is 0 Å². The molecule has 0 heteroatoms. The molecule has 0 aliphatic carbocycles. The van der Waals surface area contributed by atoms with Crippen LogP contribution < -0.4 is 0 Å². The third-order valence-electron chi connectivity index (χ3n) is 1.21.